The normalized spacial score (nSPS) is 18.6. The Labute approximate surface area is 102 Å². The molecule has 0 fully saturated rings. The molecule has 98 valence electrons. The summed E-state index contributed by atoms with van der Waals surface area (Å²) in [6, 6.07) is 0.517. The second-order valence-electron chi connectivity index (χ2n) is 6.23. The first kappa shape index (κ1) is 15.9. The van der Waals surface area contributed by atoms with Crippen LogP contribution in [0.2, 0.25) is 0 Å². The van der Waals surface area contributed by atoms with Crippen LogP contribution in [-0.4, -0.2) is 23.8 Å². The van der Waals surface area contributed by atoms with Crippen LogP contribution in [0.5, 0.6) is 0 Å². The van der Waals surface area contributed by atoms with Crippen molar-refractivity contribution in [2.24, 2.45) is 17.3 Å². The average molecular weight is 229 g/mol. The van der Waals surface area contributed by atoms with Gasteiger partial charge < -0.3 is 10.4 Å². The van der Waals surface area contributed by atoms with E-state index in [0.717, 1.165) is 6.54 Å². The molecule has 0 rings (SSSR count). The molecule has 0 amide bonds. The lowest BCUT2D eigenvalue weighted by Gasteiger charge is -2.35. The van der Waals surface area contributed by atoms with Gasteiger partial charge in [-0.1, -0.05) is 48.0 Å². The Morgan fingerprint density at radius 2 is 1.62 bits per heavy atom. The third-order valence-corrected chi connectivity index (χ3v) is 3.81. The minimum atomic E-state index is -0.246. The van der Waals surface area contributed by atoms with Crippen LogP contribution < -0.4 is 5.32 Å². The molecule has 16 heavy (non-hydrogen) atoms. The smallest absolute Gasteiger partial charge is 0.0626 e. The van der Waals surface area contributed by atoms with Crippen LogP contribution in [0.3, 0.4) is 0 Å². The monoisotopic (exact) mass is 229 g/mol. The molecule has 3 atom stereocenters. The second-order valence-corrected chi connectivity index (χ2v) is 6.23. The highest BCUT2D eigenvalue weighted by Crippen LogP contribution is 2.25. The predicted octanol–water partition coefficient (Wildman–Crippen LogP) is 3.05. The number of aliphatic hydroxyl groups excluding tert-OH is 1. The van der Waals surface area contributed by atoms with Gasteiger partial charge in [-0.2, -0.15) is 0 Å². The van der Waals surface area contributed by atoms with Crippen molar-refractivity contribution in [2.75, 3.05) is 6.54 Å². The topological polar surface area (TPSA) is 32.3 Å². The Bertz CT molecular complexity index is 189. The van der Waals surface area contributed by atoms with Crippen molar-refractivity contribution in [3.8, 4) is 0 Å². The first-order valence-electron chi connectivity index (χ1n) is 6.63. The third-order valence-electron chi connectivity index (χ3n) is 3.81. The molecular weight excluding hydrogens is 198 g/mol. The molecule has 0 radical (unpaired) electrons. The lowest BCUT2D eigenvalue weighted by molar-refractivity contribution is 0.0115. The van der Waals surface area contributed by atoms with Gasteiger partial charge in [0.05, 0.1) is 6.10 Å². The molecule has 3 unspecified atom stereocenters. The van der Waals surface area contributed by atoms with E-state index in [-0.39, 0.29) is 11.5 Å². The summed E-state index contributed by atoms with van der Waals surface area (Å²) in [5, 5.41) is 13.7. The molecule has 0 aromatic heterocycles. The van der Waals surface area contributed by atoms with Gasteiger partial charge in [-0.05, 0) is 18.8 Å². The third kappa shape index (κ3) is 4.84. The van der Waals surface area contributed by atoms with Gasteiger partial charge >= 0.3 is 0 Å². The number of hydrogen-bond acceptors (Lipinski definition) is 2. The highest BCUT2D eigenvalue weighted by molar-refractivity contribution is 4.83. The number of hydrogen-bond donors (Lipinski definition) is 2. The van der Waals surface area contributed by atoms with Gasteiger partial charge in [-0.15, -0.1) is 0 Å². The van der Waals surface area contributed by atoms with Crippen molar-refractivity contribution < 1.29 is 5.11 Å². The summed E-state index contributed by atoms with van der Waals surface area (Å²) >= 11 is 0. The predicted molar refractivity (Wildman–Crippen MR) is 71.5 cm³/mol. The first-order chi connectivity index (χ1) is 7.22. The van der Waals surface area contributed by atoms with Crippen LogP contribution in [0.25, 0.3) is 0 Å². The van der Waals surface area contributed by atoms with Crippen molar-refractivity contribution in [2.45, 2.75) is 67.0 Å². The van der Waals surface area contributed by atoms with E-state index < -0.39 is 0 Å². The molecule has 0 heterocycles. The van der Waals surface area contributed by atoms with E-state index in [1.54, 1.807) is 0 Å². The zero-order valence-electron chi connectivity index (χ0n) is 12.2. The van der Waals surface area contributed by atoms with Crippen LogP contribution in [-0.2, 0) is 0 Å². The molecule has 0 spiro atoms. The molecule has 2 nitrogen and oxygen atoms in total. The van der Waals surface area contributed by atoms with Gasteiger partial charge in [0.25, 0.3) is 0 Å². The van der Waals surface area contributed by atoms with Gasteiger partial charge in [0.1, 0.15) is 0 Å². The summed E-state index contributed by atoms with van der Waals surface area (Å²) < 4.78 is 0. The van der Waals surface area contributed by atoms with Crippen LogP contribution in [0, 0.1) is 17.3 Å². The zero-order valence-corrected chi connectivity index (χ0v) is 12.2. The largest absolute Gasteiger partial charge is 0.392 e. The maximum atomic E-state index is 10.1. The Kier molecular flexibility index (Phi) is 6.57. The van der Waals surface area contributed by atoms with Crippen LogP contribution in [0.4, 0.5) is 0 Å². The van der Waals surface area contributed by atoms with Crippen molar-refractivity contribution in [3.05, 3.63) is 0 Å². The van der Waals surface area contributed by atoms with Gasteiger partial charge in [-0.25, -0.2) is 0 Å². The highest BCUT2D eigenvalue weighted by atomic mass is 16.3. The molecule has 2 heteroatoms. The summed E-state index contributed by atoms with van der Waals surface area (Å²) in [6.45, 7) is 16.0. The first-order valence-corrected chi connectivity index (χ1v) is 6.63. The standard InChI is InChI=1S/C14H31NO/c1-8-11(4)12(5)15-9-14(6,7)13(16)10(2)3/h10-13,15-16H,8-9H2,1-7H3. The van der Waals surface area contributed by atoms with Gasteiger partial charge in [-0.3, -0.25) is 0 Å². The minimum Gasteiger partial charge on any atom is -0.392 e. The van der Waals surface area contributed by atoms with E-state index >= 15 is 0 Å². The molecular formula is C14H31NO. The SMILES string of the molecule is CCC(C)C(C)NCC(C)(C)C(O)C(C)C. The Balaban J connectivity index is 4.18. The molecule has 0 aliphatic carbocycles. The highest BCUT2D eigenvalue weighted by Gasteiger charge is 2.30. The Hall–Kier alpha value is -0.0800. The van der Waals surface area contributed by atoms with Crippen LogP contribution in [0.15, 0.2) is 0 Å². The average Bonchev–Trinajstić information content (AvgIpc) is 2.23. The molecule has 0 aromatic carbocycles. The lowest BCUT2D eigenvalue weighted by Crippen LogP contribution is -2.45. The van der Waals surface area contributed by atoms with E-state index in [4.69, 9.17) is 0 Å². The van der Waals surface area contributed by atoms with Crippen molar-refractivity contribution >= 4 is 0 Å². The summed E-state index contributed by atoms with van der Waals surface area (Å²) in [5.41, 5.74) is -0.0596. The number of rotatable bonds is 7. The summed E-state index contributed by atoms with van der Waals surface area (Å²) in [4.78, 5) is 0. The van der Waals surface area contributed by atoms with E-state index in [1.165, 1.54) is 6.42 Å². The second kappa shape index (κ2) is 6.61. The fourth-order valence-corrected chi connectivity index (χ4v) is 1.99. The van der Waals surface area contributed by atoms with Crippen molar-refractivity contribution in [1.82, 2.24) is 5.32 Å². The molecule has 2 N–H and O–H groups in total. The van der Waals surface area contributed by atoms with E-state index in [1.807, 2.05) is 0 Å². The molecule has 0 aliphatic rings. The summed E-state index contributed by atoms with van der Waals surface area (Å²) in [6.07, 6.45) is 0.950. The number of aliphatic hydroxyl groups is 1. The van der Waals surface area contributed by atoms with E-state index in [2.05, 4.69) is 53.8 Å². The Morgan fingerprint density at radius 1 is 1.12 bits per heavy atom. The molecule has 0 saturated carbocycles. The molecule has 0 aromatic rings. The van der Waals surface area contributed by atoms with E-state index in [9.17, 15) is 5.11 Å². The minimum absolute atomic E-state index is 0.0596. The van der Waals surface area contributed by atoms with Crippen molar-refractivity contribution in [1.29, 1.82) is 0 Å². The van der Waals surface area contributed by atoms with Gasteiger partial charge in [0, 0.05) is 18.0 Å². The van der Waals surface area contributed by atoms with Gasteiger partial charge in [0.2, 0.25) is 0 Å². The zero-order chi connectivity index (χ0) is 12.9. The molecule has 0 saturated heterocycles. The molecule has 0 aliphatic heterocycles. The van der Waals surface area contributed by atoms with Crippen molar-refractivity contribution in [3.63, 3.8) is 0 Å². The quantitative estimate of drug-likeness (QED) is 0.703. The maximum Gasteiger partial charge on any atom is 0.0626 e. The van der Waals surface area contributed by atoms with Crippen LogP contribution in [0.1, 0.15) is 54.9 Å². The fraction of sp³-hybridized carbons (Fsp3) is 1.00. The number of nitrogens with one attached hydrogen (secondary N) is 1. The van der Waals surface area contributed by atoms with E-state index in [0.29, 0.717) is 17.9 Å². The summed E-state index contributed by atoms with van der Waals surface area (Å²) in [5.74, 6) is 1.00. The van der Waals surface area contributed by atoms with Gasteiger partial charge in [0.15, 0.2) is 0 Å². The fourth-order valence-electron chi connectivity index (χ4n) is 1.99. The van der Waals surface area contributed by atoms with Crippen LogP contribution >= 0.6 is 0 Å². The Morgan fingerprint density at radius 3 is 2.00 bits per heavy atom. The molecule has 0 bridgehead atoms. The summed E-state index contributed by atoms with van der Waals surface area (Å²) in [7, 11) is 0. The maximum absolute atomic E-state index is 10.1. The lowest BCUT2D eigenvalue weighted by atomic mass is 9.80.